The molecule has 5 rings (SSSR count). The molecule has 1 N–H and O–H groups in total. The van der Waals surface area contributed by atoms with E-state index < -0.39 is 5.54 Å². The van der Waals surface area contributed by atoms with Gasteiger partial charge >= 0.3 is 6.09 Å². The van der Waals surface area contributed by atoms with E-state index in [0.717, 1.165) is 55.7 Å². The van der Waals surface area contributed by atoms with Crippen molar-refractivity contribution >= 4 is 6.09 Å². The predicted molar refractivity (Wildman–Crippen MR) is 125 cm³/mol. The number of ether oxygens (including phenoxy) is 3. The molecule has 3 aliphatic rings. The van der Waals surface area contributed by atoms with Crippen LogP contribution >= 0.6 is 0 Å². The molecule has 33 heavy (non-hydrogen) atoms. The number of amides is 1. The van der Waals surface area contributed by atoms with Gasteiger partial charge in [-0.25, -0.2) is 14.8 Å². The van der Waals surface area contributed by atoms with Gasteiger partial charge in [0.25, 0.3) is 0 Å². The topological polar surface area (TPSA) is 85.8 Å². The summed E-state index contributed by atoms with van der Waals surface area (Å²) < 4.78 is 16.4. The van der Waals surface area contributed by atoms with E-state index >= 15 is 0 Å². The molecule has 1 unspecified atom stereocenters. The number of hydrogen-bond acceptors (Lipinski definition) is 7. The highest BCUT2D eigenvalue weighted by molar-refractivity contribution is 5.69. The first-order valence-electron chi connectivity index (χ1n) is 11.7. The van der Waals surface area contributed by atoms with E-state index in [0.29, 0.717) is 25.0 Å². The van der Waals surface area contributed by atoms with Crippen molar-refractivity contribution in [2.75, 3.05) is 40.0 Å². The molecule has 1 aromatic carbocycles. The number of carbonyl (C=O) groups excluding carboxylic acids is 1. The zero-order valence-electron chi connectivity index (χ0n) is 19.8. The van der Waals surface area contributed by atoms with Gasteiger partial charge in [-0.1, -0.05) is 18.2 Å². The molecule has 0 saturated carbocycles. The Morgan fingerprint density at radius 2 is 2.00 bits per heavy atom. The van der Waals surface area contributed by atoms with Crippen molar-refractivity contribution in [2.24, 2.45) is 5.92 Å². The number of carbonyl (C=O) groups is 1. The van der Waals surface area contributed by atoms with Crippen LogP contribution in [0.1, 0.15) is 38.7 Å². The average Bonchev–Trinajstić information content (AvgIpc) is 2.83. The lowest BCUT2D eigenvalue weighted by Gasteiger charge is -2.44. The van der Waals surface area contributed by atoms with Gasteiger partial charge in [-0.3, -0.25) is 4.90 Å². The normalized spacial score (nSPS) is 22.1. The molecule has 3 aliphatic heterocycles. The smallest absolute Gasteiger partial charge is 0.408 e. The van der Waals surface area contributed by atoms with Gasteiger partial charge in [0, 0.05) is 32.2 Å². The van der Waals surface area contributed by atoms with E-state index in [1.54, 1.807) is 19.5 Å². The second kappa shape index (κ2) is 10.5. The molecule has 178 valence electrons. The molecule has 0 radical (unpaired) electrons. The summed E-state index contributed by atoms with van der Waals surface area (Å²) in [6, 6.07) is 7.97. The van der Waals surface area contributed by atoms with E-state index in [2.05, 4.69) is 20.2 Å². The molecule has 1 amide bonds. The van der Waals surface area contributed by atoms with Gasteiger partial charge in [-0.2, -0.15) is 0 Å². The minimum atomic E-state index is -0.598. The van der Waals surface area contributed by atoms with Gasteiger partial charge in [0.05, 0.1) is 30.2 Å². The van der Waals surface area contributed by atoms with Crippen LogP contribution in [0.15, 0.2) is 36.7 Å². The van der Waals surface area contributed by atoms with Gasteiger partial charge in [0.2, 0.25) is 5.88 Å². The summed E-state index contributed by atoms with van der Waals surface area (Å²) in [6.07, 6.45) is 5.98. The number of piperidine rings is 3. The van der Waals surface area contributed by atoms with E-state index in [1.807, 2.05) is 38.1 Å². The first kappa shape index (κ1) is 23.4. The lowest BCUT2D eigenvalue weighted by Crippen LogP contribution is -2.53. The molecule has 4 heterocycles. The number of aromatic nitrogens is 2. The van der Waals surface area contributed by atoms with E-state index in [9.17, 15) is 4.79 Å². The number of hydrogen-bond donors (Lipinski definition) is 1. The molecule has 8 nitrogen and oxygen atoms in total. The molecular formula is C25H34N4O4. The van der Waals surface area contributed by atoms with E-state index in [1.165, 1.54) is 0 Å². The molecule has 1 aromatic heterocycles. The monoisotopic (exact) mass is 454 g/mol. The molecule has 1 atom stereocenters. The minimum absolute atomic E-state index is 0.0138. The fourth-order valence-corrected chi connectivity index (χ4v) is 4.53. The summed E-state index contributed by atoms with van der Waals surface area (Å²) in [4.78, 5) is 23.9. The highest BCUT2D eigenvalue weighted by atomic mass is 16.6. The van der Waals surface area contributed by atoms with Crippen molar-refractivity contribution in [1.29, 1.82) is 0 Å². The molecule has 2 bridgehead atoms. The molecule has 3 fully saturated rings. The molecule has 8 heteroatoms. The number of rotatable bonds is 9. The van der Waals surface area contributed by atoms with E-state index in [-0.39, 0.29) is 12.2 Å². The Balaban J connectivity index is 1.37. The zero-order valence-corrected chi connectivity index (χ0v) is 19.8. The number of nitrogens with one attached hydrogen (secondary N) is 1. The van der Waals surface area contributed by atoms with Gasteiger partial charge in [-0.05, 0) is 57.3 Å². The second-order valence-corrected chi connectivity index (χ2v) is 9.35. The summed E-state index contributed by atoms with van der Waals surface area (Å²) in [5, 5.41) is 3.05. The number of methoxy groups -OCH3 is 1. The Bertz CT molecular complexity index is 926. The van der Waals surface area contributed by atoms with Gasteiger partial charge in [-0.15, -0.1) is 0 Å². The minimum Gasteiger partial charge on any atom is -0.476 e. The van der Waals surface area contributed by atoms with Crippen molar-refractivity contribution in [3.63, 3.8) is 0 Å². The standard InChI is InChI=1S/C25H34N4O4/c1-25(2,28-24(30)33-22-17-29-10-8-18(22)9-11-29)20-7-4-6-19(14-20)21-15-27-23(16-26-21)32-13-5-12-31-3/h4,6-7,14-16,18,22H,5,8-13,17H2,1-3H3,(H,28,30). The van der Waals surface area contributed by atoms with Crippen LogP contribution < -0.4 is 10.1 Å². The molecule has 2 aromatic rings. The highest BCUT2D eigenvalue weighted by Crippen LogP contribution is 2.30. The van der Waals surface area contributed by atoms with Crippen LogP contribution in [0.25, 0.3) is 11.3 Å². The van der Waals surface area contributed by atoms with Gasteiger partial charge in [0.1, 0.15) is 6.10 Å². The Hall–Kier alpha value is -2.71. The second-order valence-electron chi connectivity index (χ2n) is 9.35. The van der Waals surface area contributed by atoms with Gasteiger partial charge < -0.3 is 19.5 Å². The first-order valence-corrected chi connectivity index (χ1v) is 11.7. The lowest BCUT2D eigenvalue weighted by molar-refractivity contribution is -0.0349. The Morgan fingerprint density at radius 3 is 2.67 bits per heavy atom. The van der Waals surface area contributed by atoms with E-state index in [4.69, 9.17) is 14.2 Å². The first-order chi connectivity index (χ1) is 15.9. The predicted octanol–water partition coefficient (Wildman–Crippen LogP) is 3.61. The van der Waals surface area contributed by atoms with Crippen LogP contribution in [0.2, 0.25) is 0 Å². The van der Waals surface area contributed by atoms with Crippen LogP contribution in [0.4, 0.5) is 4.79 Å². The Kier molecular flexibility index (Phi) is 7.45. The summed E-state index contributed by atoms with van der Waals surface area (Å²) >= 11 is 0. The van der Waals surface area contributed by atoms with Crippen LogP contribution in [0, 0.1) is 5.92 Å². The maximum Gasteiger partial charge on any atom is 0.408 e. The number of nitrogens with zero attached hydrogens (tertiary/aromatic N) is 3. The van der Waals surface area contributed by atoms with Crippen molar-refractivity contribution < 1.29 is 19.0 Å². The Morgan fingerprint density at radius 1 is 1.18 bits per heavy atom. The molecule has 0 spiro atoms. The largest absolute Gasteiger partial charge is 0.476 e. The summed E-state index contributed by atoms with van der Waals surface area (Å²) in [7, 11) is 1.67. The third kappa shape index (κ3) is 6.00. The fraction of sp³-hybridized carbons (Fsp3) is 0.560. The van der Waals surface area contributed by atoms with Crippen molar-refractivity contribution in [3.8, 4) is 17.1 Å². The quantitative estimate of drug-likeness (QED) is 0.579. The van der Waals surface area contributed by atoms with Crippen LogP contribution in [-0.4, -0.2) is 67.0 Å². The third-order valence-electron chi connectivity index (χ3n) is 6.52. The molecule has 3 saturated heterocycles. The van der Waals surface area contributed by atoms with Crippen LogP contribution in [0.5, 0.6) is 5.88 Å². The lowest BCUT2D eigenvalue weighted by atomic mass is 9.86. The van der Waals surface area contributed by atoms with Crippen LogP contribution in [-0.2, 0) is 15.0 Å². The SMILES string of the molecule is COCCCOc1cnc(-c2cccc(C(C)(C)NC(=O)OC3CN4CCC3CC4)c2)cn1. The number of benzene rings is 1. The maximum atomic E-state index is 12.7. The maximum absolute atomic E-state index is 12.7. The summed E-state index contributed by atoms with van der Waals surface area (Å²) in [5.74, 6) is 0.973. The number of fused-ring (bicyclic) bond motifs is 3. The Labute approximate surface area is 195 Å². The molecule has 0 aliphatic carbocycles. The number of alkyl carbamates (subject to hydrolysis) is 1. The van der Waals surface area contributed by atoms with Crippen molar-refractivity contribution in [2.45, 2.75) is 44.8 Å². The fourth-order valence-electron chi connectivity index (χ4n) is 4.53. The van der Waals surface area contributed by atoms with Crippen LogP contribution in [0.3, 0.4) is 0 Å². The van der Waals surface area contributed by atoms with Gasteiger partial charge in [0.15, 0.2) is 0 Å². The van der Waals surface area contributed by atoms with Crippen molar-refractivity contribution in [1.82, 2.24) is 20.2 Å². The molecular weight excluding hydrogens is 420 g/mol. The van der Waals surface area contributed by atoms with Crippen molar-refractivity contribution in [3.05, 3.63) is 42.2 Å². The summed E-state index contributed by atoms with van der Waals surface area (Å²) in [5.41, 5.74) is 2.03. The average molecular weight is 455 g/mol. The highest BCUT2D eigenvalue weighted by Gasteiger charge is 2.37. The zero-order chi connectivity index (χ0) is 23.3. The summed E-state index contributed by atoms with van der Waals surface area (Å²) in [6.45, 7) is 8.22. The third-order valence-corrected chi connectivity index (χ3v) is 6.52.